The van der Waals surface area contributed by atoms with Crippen LogP contribution in [0.15, 0.2) is 42.5 Å². The van der Waals surface area contributed by atoms with E-state index < -0.39 is 12.5 Å². The van der Waals surface area contributed by atoms with Crippen LogP contribution in [0.4, 0.5) is 8.78 Å². The third-order valence-electron chi connectivity index (χ3n) is 3.28. The Kier molecular flexibility index (Phi) is 5.95. The highest BCUT2D eigenvalue weighted by Gasteiger charge is 2.20. The highest BCUT2D eigenvalue weighted by Crippen LogP contribution is 2.32. The van der Waals surface area contributed by atoms with E-state index in [1.807, 2.05) is 0 Å². The minimum Gasteiger partial charge on any atom is -0.496 e. The maximum absolute atomic E-state index is 12.6. The average Bonchev–Trinajstić information content (AvgIpc) is 2.59. The van der Waals surface area contributed by atoms with E-state index in [0.29, 0.717) is 5.75 Å². The molecule has 0 unspecified atom stereocenters. The van der Waals surface area contributed by atoms with Gasteiger partial charge in [0.15, 0.2) is 11.5 Å². The lowest BCUT2D eigenvalue weighted by Gasteiger charge is -2.15. The van der Waals surface area contributed by atoms with Crippen molar-refractivity contribution in [2.45, 2.75) is 13.2 Å². The van der Waals surface area contributed by atoms with E-state index in [1.54, 1.807) is 24.3 Å². The lowest BCUT2D eigenvalue weighted by atomic mass is 10.1. The average molecular weight is 337 g/mol. The maximum Gasteiger partial charge on any atom is 0.387 e. The van der Waals surface area contributed by atoms with Gasteiger partial charge in [-0.1, -0.05) is 24.3 Å². The minimum atomic E-state index is -3.07. The monoisotopic (exact) mass is 337 g/mol. The first-order valence-corrected chi connectivity index (χ1v) is 7.08. The van der Waals surface area contributed by atoms with Crippen LogP contribution in [0.1, 0.15) is 15.9 Å². The van der Waals surface area contributed by atoms with Crippen molar-refractivity contribution in [2.75, 3.05) is 14.2 Å². The molecule has 1 N–H and O–H groups in total. The van der Waals surface area contributed by atoms with Crippen LogP contribution >= 0.6 is 0 Å². The number of para-hydroxylation sites is 2. The molecule has 0 radical (unpaired) electrons. The van der Waals surface area contributed by atoms with Gasteiger partial charge in [-0.05, 0) is 18.2 Å². The molecule has 1 amide bonds. The van der Waals surface area contributed by atoms with Crippen molar-refractivity contribution in [1.29, 1.82) is 0 Å². The van der Waals surface area contributed by atoms with Gasteiger partial charge in [0.25, 0.3) is 5.91 Å². The van der Waals surface area contributed by atoms with Gasteiger partial charge in [-0.25, -0.2) is 0 Å². The molecular weight excluding hydrogens is 320 g/mol. The highest BCUT2D eigenvalue weighted by atomic mass is 19.3. The van der Waals surface area contributed by atoms with E-state index in [0.717, 1.165) is 5.56 Å². The summed E-state index contributed by atoms with van der Waals surface area (Å²) in [6.45, 7) is -2.89. The molecule has 0 saturated carbocycles. The van der Waals surface area contributed by atoms with Gasteiger partial charge in [-0.2, -0.15) is 8.78 Å². The summed E-state index contributed by atoms with van der Waals surface area (Å²) in [5, 5.41) is 2.66. The molecule has 0 aliphatic carbocycles. The Morgan fingerprint density at radius 2 is 1.71 bits per heavy atom. The Balaban J connectivity index is 2.20. The molecule has 0 saturated heterocycles. The molecule has 0 aliphatic heterocycles. The molecule has 0 heterocycles. The number of alkyl halides is 2. The van der Waals surface area contributed by atoms with E-state index in [1.165, 1.54) is 32.4 Å². The fourth-order valence-electron chi connectivity index (χ4n) is 2.19. The standard InChI is InChI=1S/C17H17F2NO4/c1-22-13-8-4-3-6-11(13)10-20-16(21)12-7-5-9-14(23-2)15(12)24-17(18)19/h3-9,17H,10H2,1-2H3,(H,20,21). The fraction of sp³-hybridized carbons (Fsp3) is 0.235. The second-order valence-electron chi connectivity index (χ2n) is 4.71. The number of hydrogen-bond donors (Lipinski definition) is 1. The summed E-state index contributed by atoms with van der Waals surface area (Å²) in [5.41, 5.74) is 0.720. The van der Waals surface area contributed by atoms with Gasteiger partial charge < -0.3 is 19.5 Å². The Bertz CT molecular complexity index is 707. The first-order valence-electron chi connectivity index (χ1n) is 7.08. The Hall–Kier alpha value is -2.83. The predicted molar refractivity (Wildman–Crippen MR) is 83.8 cm³/mol. The number of ether oxygens (including phenoxy) is 3. The lowest BCUT2D eigenvalue weighted by molar-refractivity contribution is -0.0515. The molecule has 7 heteroatoms. The zero-order valence-corrected chi connectivity index (χ0v) is 13.2. The molecule has 0 fully saturated rings. The van der Waals surface area contributed by atoms with Crippen LogP contribution in [0.25, 0.3) is 0 Å². The Labute approximate surface area is 138 Å². The summed E-state index contributed by atoms with van der Waals surface area (Å²) in [4.78, 5) is 12.4. The summed E-state index contributed by atoms with van der Waals surface area (Å²) in [7, 11) is 2.83. The van der Waals surface area contributed by atoms with Gasteiger partial charge in [0, 0.05) is 12.1 Å². The van der Waals surface area contributed by atoms with Crippen molar-refractivity contribution >= 4 is 5.91 Å². The third-order valence-corrected chi connectivity index (χ3v) is 3.28. The molecule has 5 nitrogen and oxygen atoms in total. The SMILES string of the molecule is COc1ccccc1CNC(=O)c1cccc(OC)c1OC(F)F. The number of nitrogens with one attached hydrogen (secondary N) is 1. The number of carbonyl (C=O) groups is 1. The van der Waals surface area contributed by atoms with Crippen molar-refractivity contribution in [3.8, 4) is 17.2 Å². The maximum atomic E-state index is 12.6. The molecule has 2 aromatic carbocycles. The van der Waals surface area contributed by atoms with Gasteiger partial charge in [0.2, 0.25) is 0 Å². The van der Waals surface area contributed by atoms with Crippen LogP contribution in [-0.2, 0) is 6.54 Å². The van der Waals surface area contributed by atoms with Crippen LogP contribution in [0.5, 0.6) is 17.2 Å². The van der Waals surface area contributed by atoms with Gasteiger partial charge in [-0.3, -0.25) is 4.79 Å². The molecule has 0 spiro atoms. The molecule has 0 bridgehead atoms. The molecule has 0 atom stereocenters. The summed E-state index contributed by atoms with van der Waals surface area (Å²) < 4.78 is 39.8. The van der Waals surface area contributed by atoms with Crippen LogP contribution in [0.2, 0.25) is 0 Å². The largest absolute Gasteiger partial charge is 0.496 e. The van der Waals surface area contributed by atoms with Crippen molar-refractivity contribution < 1.29 is 27.8 Å². The van der Waals surface area contributed by atoms with Crippen molar-refractivity contribution in [1.82, 2.24) is 5.32 Å². The summed E-state index contributed by atoms with van der Waals surface area (Å²) in [5.74, 6) is -0.185. The number of methoxy groups -OCH3 is 2. The summed E-state index contributed by atoms with van der Waals surface area (Å²) in [6.07, 6.45) is 0. The van der Waals surface area contributed by atoms with Gasteiger partial charge >= 0.3 is 6.61 Å². The van der Waals surface area contributed by atoms with E-state index in [-0.39, 0.29) is 23.6 Å². The predicted octanol–water partition coefficient (Wildman–Crippen LogP) is 3.24. The Morgan fingerprint density at radius 3 is 2.38 bits per heavy atom. The molecule has 2 rings (SSSR count). The van der Waals surface area contributed by atoms with Crippen molar-refractivity contribution in [2.24, 2.45) is 0 Å². The number of halogens is 2. The molecule has 0 aromatic heterocycles. The fourth-order valence-corrected chi connectivity index (χ4v) is 2.19. The van der Waals surface area contributed by atoms with E-state index >= 15 is 0 Å². The van der Waals surface area contributed by atoms with Gasteiger partial charge in [-0.15, -0.1) is 0 Å². The Morgan fingerprint density at radius 1 is 1.04 bits per heavy atom. The van der Waals surface area contributed by atoms with Crippen LogP contribution < -0.4 is 19.5 Å². The zero-order chi connectivity index (χ0) is 17.5. The number of carbonyl (C=O) groups excluding carboxylic acids is 1. The molecule has 2 aromatic rings. The zero-order valence-electron chi connectivity index (χ0n) is 13.2. The first kappa shape index (κ1) is 17.5. The number of amides is 1. The van der Waals surface area contributed by atoms with Crippen LogP contribution in [0, 0.1) is 0 Å². The van der Waals surface area contributed by atoms with E-state index in [4.69, 9.17) is 9.47 Å². The summed E-state index contributed by atoms with van der Waals surface area (Å²) in [6, 6.07) is 11.5. The van der Waals surface area contributed by atoms with E-state index in [9.17, 15) is 13.6 Å². The molecule has 128 valence electrons. The molecule has 0 aliphatic rings. The number of benzene rings is 2. The highest BCUT2D eigenvalue weighted by molar-refractivity contribution is 5.97. The normalized spacial score (nSPS) is 10.4. The number of hydrogen-bond acceptors (Lipinski definition) is 4. The quantitative estimate of drug-likeness (QED) is 0.843. The second kappa shape index (κ2) is 8.14. The molecular formula is C17H17F2NO4. The van der Waals surface area contributed by atoms with Gasteiger partial charge in [0.1, 0.15) is 5.75 Å². The van der Waals surface area contributed by atoms with E-state index in [2.05, 4.69) is 10.1 Å². The summed E-state index contributed by atoms with van der Waals surface area (Å²) >= 11 is 0. The second-order valence-corrected chi connectivity index (χ2v) is 4.71. The minimum absolute atomic E-state index is 0.0375. The third kappa shape index (κ3) is 4.13. The molecule has 24 heavy (non-hydrogen) atoms. The number of rotatable bonds is 7. The lowest BCUT2D eigenvalue weighted by Crippen LogP contribution is -2.24. The van der Waals surface area contributed by atoms with Gasteiger partial charge in [0.05, 0.1) is 19.8 Å². The first-order chi connectivity index (χ1) is 11.6. The van der Waals surface area contributed by atoms with Crippen LogP contribution in [-0.4, -0.2) is 26.7 Å². The smallest absolute Gasteiger partial charge is 0.387 e. The topological polar surface area (TPSA) is 56.8 Å². The van der Waals surface area contributed by atoms with Crippen molar-refractivity contribution in [3.63, 3.8) is 0 Å². The van der Waals surface area contributed by atoms with Crippen molar-refractivity contribution in [3.05, 3.63) is 53.6 Å². The van der Waals surface area contributed by atoms with Crippen LogP contribution in [0.3, 0.4) is 0 Å².